The zero-order chi connectivity index (χ0) is 26.5. The van der Waals surface area contributed by atoms with Crippen molar-refractivity contribution in [2.45, 2.75) is 13.5 Å². The van der Waals surface area contributed by atoms with E-state index in [4.69, 9.17) is 13.9 Å². The van der Waals surface area contributed by atoms with Gasteiger partial charge in [0.1, 0.15) is 12.2 Å². The van der Waals surface area contributed by atoms with Gasteiger partial charge in [0.05, 0.1) is 22.2 Å². The summed E-state index contributed by atoms with van der Waals surface area (Å²) >= 11 is 10.3. The van der Waals surface area contributed by atoms with Crippen molar-refractivity contribution in [3.8, 4) is 11.5 Å². The van der Waals surface area contributed by atoms with Gasteiger partial charge in [-0.15, -0.1) is 0 Å². The third-order valence-corrected chi connectivity index (χ3v) is 6.74. The largest absolute Gasteiger partial charge is 0.490 e. The molecule has 0 unspecified atom stereocenters. The van der Waals surface area contributed by atoms with Crippen molar-refractivity contribution in [2.75, 3.05) is 6.61 Å². The van der Waals surface area contributed by atoms with Gasteiger partial charge in [-0.05, 0) is 74.7 Å². The zero-order valence-electron chi connectivity index (χ0n) is 19.2. The fourth-order valence-corrected chi connectivity index (χ4v) is 5.12. The van der Waals surface area contributed by atoms with Gasteiger partial charge < -0.3 is 13.9 Å². The summed E-state index contributed by atoms with van der Waals surface area (Å²) in [6, 6.07) is 14.9. The molecule has 0 spiro atoms. The van der Waals surface area contributed by atoms with Crippen LogP contribution in [0.15, 0.2) is 77.5 Å². The van der Waals surface area contributed by atoms with Crippen molar-refractivity contribution in [3.63, 3.8) is 0 Å². The van der Waals surface area contributed by atoms with Crippen LogP contribution in [0.3, 0.4) is 0 Å². The Bertz CT molecular complexity index is 1520. The molecule has 3 aromatic carbocycles. The Morgan fingerprint density at radius 3 is 2.62 bits per heavy atom. The second-order valence-corrected chi connectivity index (χ2v) is 10.2. The van der Waals surface area contributed by atoms with Crippen molar-refractivity contribution in [1.29, 1.82) is 0 Å². The van der Waals surface area contributed by atoms with Crippen LogP contribution in [0.1, 0.15) is 28.6 Å². The van der Waals surface area contributed by atoms with Crippen LogP contribution in [0.2, 0.25) is 0 Å². The van der Waals surface area contributed by atoms with E-state index in [1.54, 1.807) is 30.3 Å². The van der Waals surface area contributed by atoms with Gasteiger partial charge >= 0.3 is 5.91 Å². The first kappa shape index (κ1) is 26.8. The normalized spacial score (nSPS) is 11.1. The number of halogens is 3. The molecule has 0 fully saturated rings. The molecule has 4 aromatic rings. The second kappa shape index (κ2) is 11.9. The minimum Gasteiger partial charge on any atom is -0.490 e. The number of ether oxygens (including phenoxy) is 2. The van der Waals surface area contributed by atoms with Crippen LogP contribution < -0.4 is 14.9 Å². The van der Waals surface area contributed by atoms with E-state index >= 15 is 0 Å². The van der Waals surface area contributed by atoms with Crippen LogP contribution in [0.5, 0.6) is 11.5 Å². The number of fused-ring (bicyclic) bond motifs is 1. The maximum atomic E-state index is 12.6. The average molecular weight is 696 g/mol. The number of rotatable bonds is 9. The molecule has 0 saturated heterocycles. The number of furan rings is 1. The van der Waals surface area contributed by atoms with Gasteiger partial charge in [-0.2, -0.15) is 5.10 Å². The van der Waals surface area contributed by atoms with Gasteiger partial charge in [-0.3, -0.25) is 14.9 Å². The minimum absolute atomic E-state index is 0.0101. The Hall–Kier alpha value is -3.22. The van der Waals surface area contributed by atoms with Crippen LogP contribution in [0.25, 0.3) is 11.0 Å². The summed E-state index contributed by atoms with van der Waals surface area (Å²) in [6.45, 7) is 2.34. The van der Waals surface area contributed by atoms with Gasteiger partial charge in [0.15, 0.2) is 17.3 Å². The number of nitrogens with zero attached hydrogens (tertiary/aromatic N) is 2. The number of carbonyl (C=O) groups is 1. The van der Waals surface area contributed by atoms with Gasteiger partial charge in [-0.25, -0.2) is 5.43 Å². The third-order valence-electron chi connectivity index (χ3n) is 5.01. The van der Waals surface area contributed by atoms with Crippen molar-refractivity contribution in [2.24, 2.45) is 5.10 Å². The molecule has 9 nitrogen and oxygen atoms in total. The SMILES string of the molecule is CCOc1cc(/C=N\NC(=O)c2cc3cc(Br)cc(Br)c3o2)c(Br)cc1OCc1cccc([N+](=O)[O-])c1. The van der Waals surface area contributed by atoms with E-state index in [1.165, 1.54) is 18.3 Å². The predicted octanol–water partition coefficient (Wildman–Crippen LogP) is 7.37. The van der Waals surface area contributed by atoms with E-state index in [2.05, 4.69) is 58.3 Å². The monoisotopic (exact) mass is 693 g/mol. The Balaban J connectivity index is 1.48. The lowest BCUT2D eigenvalue weighted by atomic mass is 10.2. The van der Waals surface area contributed by atoms with Crippen molar-refractivity contribution in [3.05, 3.63) is 95.0 Å². The molecule has 0 atom stereocenters. The van der Waals surface area contributed by atoms with Crippen LogP contribution >= 0.6 is 47.8 Å². The molecule has 0 bridgehead atoms. The number of carbonyl (C=O) groups excluding carboxylic acids is 1. The summed E-state index contributed by atoms with van der Waals surface area (Å²) in [7, 11) is 0. The maximum Gasteiger partial charge on any atom is 0.307 e. The highest BCUT2D eigenvalue weighted by Gasteiger charge is 2.15. The molecule has 4 rings (SSSR count). The van der Waals surface area contributed by atoms with E-state index in [0.717, 1.165) is 14.3 Å². The molecule has 0 aliphatic carbocycles. The first-order valence-corrected chi connectivity index (χ1v) is 13.2. The molecule has 0 radical (unpaired) electrons. The molecule has 0 saturated carbocycles. The summed E-state index contributed by atoms with van der Waals surface area (Å²) in [6.07, 6.45) is 1.46. The molecule has 190 valence electrons. The number of hydrogen-bond acceptors (Lipinski definition) is 7. The summed E-state index contributed by atoms with van der Waals surface area (Å²) in [4.78, 5) is 23.1. The highest BCUT2D eigenvalue weighted by Crippen LogP contribution is 2.34. The Labute approximate surface area is 236 Å². The number of nitro groups is 1. The van der Waals surface area contributed by atoms with E-state index in [0.29, 0.717) is 39.3 Å². The summed E-state index contributed by atoms with van der Waals surface area (Å²) in [5.41, 5.74) is 4.28. The van der Waals surface area contributed by atoms with Gasteiger partial charge in [0.2, 0.25) is 0 Å². The molecule has 0 aliphatic rings. The number of amides is 1. The third kappa shape index (κ3) is 6.56. The van der Waals surface area contributed by atoms with Crippen molar-refractivity contribution >= 4 is 76.6 Å². The van der Waals surface area contributed by atoms with E-state index in [9.17, 15) is 14.9 Å². The average Bonchev–Trinajstić information content (AvgIpc) is 3.29. The molecular formula is C25H18Br3N3O6. The predicted molar refractivity (Wildman–Crippen MR) is 149 cm³/mol. The number of hydrazone groups is 1. The van der Waals surface area contributed by atoms with Crippen molar-refractivity contribution in [1.82, 2.24) is 5.43 Å². The number of benzene rings is 3. The lowest BCUT2D eigenvalue weighted by Gasteiger charge is -2.14. The lowest BCUT2D eigenvalue weighted by molar-refractivity contribution is -0.384. The molecular weight excluding hydrogens is 678 g/mol. The van der Waals surface area contributed by atoms with Gasteiger partial charge in [-0.1, -0.05) is 28.1 Å². The Morgan fingerprint density at radius 2 is 1.86 bits per heavy atom. The quantitative estimate of drug-likeness (QED) is 0.111. The number of non-ortho nitro benzene ring substituents is 1. The Morgan fingerprint density at radius 1 is 1.08 bits per heavy atom. The first-order valence-electron chi connectivity index (χ1n) is 10.8. The second-order valence-electron chi connectivity index (χ2n) is 7.58. The smallest absolute Gasteiger partial charge is 0.307 e. The standard InChI is InChI=1S/C25H18Br3N3O6/c1-2-35-21-9-16(19(27)11-22(21)36-13-14-4-3-5-18(6-14)31(33)34)12-29-30-25(32)23-8-15-7-17(26)10-20(28)24(15)37-23/h3-12H,2,13H2,1H3,(H,30,32)/b29-12-. The first-order chi connectivity index (χ1) is 17.7. The summed E-state index contributed by atoms with van der Waals surface area (Å²) in [5, 5.41) is 15.8. The fraction of sp³-hybridized carbons (Fsp3) is 0.120. The van der Waals surface area contributed by atoms with Gasteiger partial charge in [0, 0.05) is 32.0 Å². The molecule has 1 amide bonds. The lowest BCUT2D eigenvalue weighted by Crippen LogP contribution is -2.16. The van der Waals surface area contributed by atoms with Gasteiger partial charge in [0.25, 0.3) is 5.69 Å². The highest BCUT2D eigenvalue weighted by atomic mass is 79.9. The van der Waals surface area contributed by atoms with Crippen LogP contribution in [-0.2, 0) is 6.61 Å². The molecule has 37 heavy (non-hydrogen) atoms. The van der Waals surface area contributed by atoms with Crippen LogP contribution in [0.4, 0.5) is 5.69 Å². The minimum atomic E-state index is -0.506. The molecule has 1 aromatic heterocycles. The van der Waals surface area contributed by atoms with E-state index in [1.807, 2.05) is 19.1 Å². The number of hydrogen-bond donors (Lipinski definition) is 1. The zero-order valence-corrected chi connectivity index (χ0v) is 23.9. The Kier molecular flexibility index (Phi) is 8.62. The van der Waals surface area contributed by atoms with Crippen molar-refractivity contribution < 1.29 is 23.6 Å². The molecule has 1 heterocycles. The fourth-order valence-electron chi connectivity index (χ4n) is 3.36. The maximum absolute atomic E-state index is 12.6. The summed E-state index contributed by atoms with van der Waals surface area (Å²) < 4.78 is 19.5. The molecule has 1 N–H and O–H groups in total. The highest BCUT2D eigenvalue weighted by molar-refractivity contribution is 9.11. The van der Waals surface area contributed by atoms with E-state index in [-0.39, 0.29) is 18.1 Å². The molecule has 12 heteroatoms. The van der Waals surface area contributed by atoms with E-state index < -0.39 is 10.8 Å². The summed E-state index contributed by atoms with van der Waals surface area (Å²) in [5.74, 6) is 0.510. The number of nitrogens with one attached hydrogen (secondary N) is 1. The number of nitro benzene ring substituents is 1. The molecule has 0 aliphatic heterocycles. The van der Waals surface area contributed by atoms with Crippen LogP contribution in [-0.4, -0.2) is 23.7 Å². The topological polar surface area (TPSA) is 116 Å². The van der Waals surface area contributed by atoms with Crippen LogP contribution in [0, 0.1) is 10.1 Å².